The Labute approximate surface area is 109 Å². The molecule has 0 aliphatic carbocycles. The Morgan fingerprint density at radius 3 is 2.18 bits per heavy atom. The van der Waals surface area contributed by atoms with E-state index in [1.165, 1.54) is 25.7 Å². The summed E-state index contributed by atoms with van der Waals surface area (Å²) in [5, 5.41) is 3.47. The molecule has 1 atom stereocenters. The van der Waals surface area contributed by atoms with Crippen molar-refractivity contribution in [3.05, 3.63) is 0 Å². The predicted molar refractivity (Wildman–Crippen MR) is 76.4 cm³/mol. The Kier molecular flexibility index (Phi) is 11.0. The standard InChI is InChI=1S/C15H33NO/c1-13(2)11-15(5)17-10-8-6-7-9-16-12-14(3)4/h13-16H,6-12H2,1-5H3. The summed E-state index contributed by atoms with van der Waals surface area (Å²) in [5.74, 6) is 1.50. The molecule has 1 unspecified atom stereocenters. The topological polar surface area (TPSA) is 21.3 Å². The first-order chi connectivity index (χ1) is 8.02. The number of unbranched alkanes of at least 4 members (excludes halogenated alkanes) is 2. The van der Waals surface area contributed by atoms with Crippen molar-refractivity contribution in [2.45, 2.75) is 66.4 Å². The molecule has 0 fully saturated rings. The van der Waals surface area contributed by atoms with Gasteiger partial charge in [0.05, 0.1) is 6.10 Å². The Balaban J connectivity index is 3.13. The van der Waals surface area contributed by atoms with E-state index in [1.807, 2.05) is 0 Å². The van der Waals surface area contributed by atoms with Crippen LogP contribution >= 0.6 is 0 Å². The van der Waals surface area contributed by atoms with Crippen LogP contribution in [0.3, 0.4) is 0 Å². The summed E-state index contributed by atoms with van der Waals surface area (Å²) in [4.78, 5) is 0. The summed E-state index contributed by atoms with van der Waals surface area (Å²) in [6.45, 7) is 14.4. The van der Waals surface area contributed by atoms with Gasteiger partial charge in [0.2, 0.25) is 0 Å². The van der Waals surface area contributed by atoms with Gasteiger partial charge in [-0.25, -0.2) is 0 Å². The van der Waals surface area contributed by atoms with Crippen molar-refractivity contribution in [3.8, 4) is 0 Å². The van der Waals surface area contributed by atoms with Crippen LogP contribution in [0.5, 0.6) is 0 Å². The smallest absolute Gasteiger partial charge is 0.0549 e. The van der Waals surface area contributed by atoms with Crippen LogP contribution in [0.15, 0.2) is 0 Å². The van der Waals surface area contributed by atoms with Crippen LogP contribution in [0.25, 0.3) is 0 Å². The van der Waals surface area contributed by atoms with E-state index in [0.29, 0.717) is 6.10 Å². The Morgan fingerprint density at radius 1 is 0.882 bits per heavy atom. The molecule has 0 aromatic carbocycles. The molecule has 0 heterocycles. The van der Waals surface area contributed by atoms with Crippen molar-refractivity contribution in [1.29, 1.82) is 0 Å². The fourth-order valence-electron chi connectivity index (χ4n) is 1.94. The van der Waals surface area contributed by atoms with Gasteiger partial charge in [0.15, 0.2) is 0 Å². The second-order valence-electron chi connectivity index (χ2n) is 5.97. The molecule has 0 radical (unpaired) electrons. The van der Waals surface area contributed by atoms with E-state index in [9.17, 15) is 0 Å². The van der Waals surface area contributed by atoms with Crippen molar-refractivity contribution in [2.75, 3.05) is 19.7 Å². The highest BCUT2D eigenvalue weighted by Gasteiger charge is 2.04. The zero-order chi connectivity index (χ0) is 13.1. The molecule has 0 spiro atoms. The van der Waals surface area contributed by atoms with Gasteiger partial charge in [-0.1, -0.05) is 27.7 Å². The summed E-state index contributed by atoms with van der Waals surface area (Å²) < 4.78 is 5.78. The lowest BCUT2D eigenvalue weighted by atomic mass is 10.1. The number of nitrogens with one attached hydrogen (secondary N) is 1. The van der Waals surface area contributed by atoms with E-state index < -0.39 is 0 Å². The van der Waals surface area contributed by atoms with Crippen molar-refractivity contribution in [1.82, 2.24) is 5.32 Å². The van der Waals surface area contributed by atoms with Gasteiger partial charge in [0.1, 0.15) is 0 Å². The van der Waals surface area contributed by atoms with E-state index >= 15 is 0 Å². The van der Waals surface area contributed by atoms with Crippen LogP contribution in [0.2, 0.25) is 0 Å². The van der Waals surface area contributed by atoms with Gasteiger partial charge >= 0.3 is 0 Å². The fourth-order valence-corrected chi connectivity index (χ4v) is 1.94. The number of hydrogen-bond acceptors (Lipinski definition) is 2. The van der Waals surface area contributed by atoms with Crippen LogP contribution in [0, 0.1) is 11.8 Å². The first kappa shape index (κ1) is 16.9. The largest absolute Gasteiger partial charge is 0.379 e. The maximum Gasteiger partial charge on any atom is 0.0549 e. The molecule has 0 aliphatic rings. The minimum absolute atomic E-state index is 0.425. The molecule has 2 heteroatoms. The number of hydrogen-bond donors (Lipinski definition) is 1. The third-order valence-electron chi connectivity index (χ3n) is 2.76. The summed E-state index contributed by atoms with van der Waals surface area (Å²) in [5.41, 5.74) is 0. The Hall–Kier alpha value is -0.0800. The average molecular weight is 243 g/mol. The van der Waals surface area contributed by atoms with Gasteiger partial charge in [0, 0.05) is 6.61 Å². The van der Waals surface area contributed by atoms with E-state index in [0.717, 1.165) is 31.5 Å². The van der Waals surface area contributed by atoms with Gasteiger partial charge in [-0.05, 0) is 57.5 Å². The molecule has 0 rings (SSSR count). The monoisotopic (exact) mass is 243 g/mol. The molecule has 17 heavy (non-hydrogen) atoms. The average Bonchev–Trinajstić information content (AvgIpc) is 2.20. The molecule has 0 bridgehead atoms. The lowest BCUT2D eigenvalue weighted by molar-refractivity contribution is 0.0495. The SMILES string of the molecule is CC(C)CNCCCCCOC(C)CC(C)C. The van der Waals surface area contributed by atoms with Gasteiger partial charge in [-0.3, -0.25) is 0 Å². The van der Waals surface area contributed by atoms with E-state index in [-0.39, 0.29) is 0 Å². The molecule has 0 aliphatic heterocycles. The highest BCUT2D eigenvalue weighted by molar-refractivity contribution is 4.55. The molecule has 0 saturated heterocycles. The zero-order valence-electron chi connectivity index (χ0n) is 12.6. The molecule has 0 amide bonds. The summed E-state index contributed by atoms with van der Waals surface area (Å²) >= 11 is 0. The van der Waals surface area contributed by atoms with Crippen LogP contribution in [-0.2, 0) is 4.74 Å². The maximum absolute atomic E-state index is 5.78. The van der Waals surface area contributed by atoms with Gasteiger partial charge in [0.25, 0.3) is 0 Å². The second-order valence-corrected chi connectivity index (χ2v) is 5.97. The molecule has 0 aromatic rings. The van der Waals surface area contributed by atoms with Crippen molar-refractivity contribution < 1.29 is 4.74 Å². The minimum atomic E-state index is 0.425. The van der Waals surface area contributed by atoms with Crippen molar-refractivity contribution in [2.24, 2.45) is 11.8 Å². The quantitative estimate of drug-likeness (QED) is 0.556. The molecular formula is C15H33NO. The minimum Gasteiger partial charge on any atom is -0.379 e. The van der Waals surface area contributed by atoms with Crippen molar-refractivity contribution >= 4 is 0 Å². The maximum atomic E-state index is 5.78. The first-order valence-electron chi connectivity index (χ1n) is 7.34. The van der Waals surface area contributed by atoms with Crippen LogP contribution < -0.4 is 5.32 Å². The molecule has 1 N–H and O–H groups in total. The lowest BCUT2D eigenvalue weighted by Crippen LogP contribution is -2.20. The second kappa shape index (κ2) is 11.0. The lowest BCUT2D eigenvalue weighted by Gasteiger charge is -2.15. The molecule has 0 aromatic heterocycles. The fraction of sp³-hybridized carbons (Fsp3) is 1.00. The van der Waals surface area contributed by atoms with Gasteiger partial charge in [-0.2, -0.15) is 0 Å². The highest BCUT2D eigenvalue weighted by atomic mass is 16.5. The third-order valence-corrected chi connectivity index (χ3v) is 2.76. The van der Waals surface area contributed by atoms with Gasteiger partial charge < -0.3 is 10.1 Å². The van der Waals surface area contributed by atoms with Crippen LogP contribution in [-0.4, -0.2) is 25.8 Å². The Bertz CT molecular complexity index is 157. The number of ether oxygens (including phenoxy) is 1. The molecule has 2 nitrogen and oxygen atoms in total. The summed E-state index contributed by atoms with van der Waals surface area (Å²) in [6.07, 6.45) is 5.35. The van der Waals surface area contributed by atoms with Crippen LogP contribution in [0.1, 0.15) is 60.3 Å². The van der Waals surface area contributed by atoms with E-state index in [1.54, 1.807) is 0 Å². The van der Waals surface area contributed by atoms with E-state index in [4.69, 9.17) is 4.74 Å². The van der Waals surface area contributed by atoms with E-state index in [2.05, 4.69) is 39.9 Å². The normalized spacial score (nSPS) is 13.6. The first-order valence-corrected chi connectivity index (χ1v) is 7.34. The van der Waals surface area contributed by atoms with Crippen LogP contribution in [0.4, 0.5) is 0 Å². The summed E-state index contributed by atoms with van der Waals surface area (Å²) in [7, 11) is 0. The molecule has 0 saturated carbocycles. The third kappa shape index (κ3) is 13.9. The summed E-state index contributed by atoms with van der Waals surface area (Å²) in [6, 6.07) is 0. The Morgan fingerprint density at radius 2 is 1.59 bits per heavy atom. The predicted octanol–water partition coefficient (Wildman–Crippen LogP) is 3.85. The molecular weight excluding hydrogens is 210 g/mol. The molecule has 104 valence electrons. The highest BCUT2D eigenvalue weighted by Crippen LogP contribution is 2.08. The van der Waals surface area contributed by atoms with Gasteiger partial charge in [-0.15, -0.1) is 0 Å². The van der Waals surface area contributed by atoms with Crippen molar-refractivity contribution in [3.63, 3.8) is 0 Å². The number of rotatable bonds is 11. The zero-order valence-corrected chi connectivity index (χ0v) is 12.6.